The van der Waals surface area contributed by atoms with Crippen molar-refractivity contribution >= 4 is 11.9 Å². The fourth-order valence-electron chi connectivity index (χ4n) is 4.66. The van der Waals surface area contributed by atoms with Crippen LogP contribution >= 0.6 is 0 Å². The number of carbonyl (C=O) groups is 2. The molecule has 1 atom stereocenters. The number of hydrogen-bond acceptors (Lipinski definition) is 4. The normalized spacial score (nSPS) is 26.9. The molecule has 2 aliphatic rings. The molecule has 32 heavy (non-hydrogen) atoms. The number of hydrogen-bond donors (Lipinski definition) is 0. The number of cyclic esters (lactones) is 2. The Bertz CT molecular complexity index is 632. The Morgan fingerprint density at radius 3 is 1.78 bits per heavy atom. The van der Waals surface area contributed by atoms with Crippen LogP contribution < -0.4 is 0 Å². The highest BCUT2D eigenvalue weighted by molar-refractivity contribution is 5.97. The van der Waals surface area contributed by atoms with Crippen molar-refractivity contribution in [3.63, 3.8) is 0 Å². The third-order valence-electron chi connectivity index (χ3n) is 6.46. The number of esters is 2. The topological polar surface area (TPSA) is 52.6 Å². The maximum Gasteiger partial charge on any atom is 0.323 e. The Labute approximate surface area is 195 Å². The fourth-order valence-corrected chi connectivity index (χ4v) is 4.66. The molecule has 0 radical (unpaired) electrons. The van der Waals surface area contributed by atoms with Crippen molar-refractivity contribution < 1.29 is 19.1 Å². The summed E-state index contributed by atoms with van der Waals surface area (Å²) in [4.78, 5) is 25.2. The number of ether oxygens (including phenoxy) is 2. The molecule has 4 nitrogen and oxygen atoms in total. The van der Waals surface area contributed by atoms with Crippen LogP contribution in [0.25, 0.3) is 0 Å². The van der Waals surface area contributed by atoms with Crippen molar-refractivity contribution in [2.24, 2.45) is 11.8 Å². The number of allylic oxidation sites excluding steroid dienone is 2. The second-order valence-corrected chi connectivity index (χ2v) is 9.85. The van der Waals surface area contributed by atoms with Gasteiger partial charge in [0.25, 0.3) is 5.79 Å². The fraction of sp³-hybridized carbons (Fsp3) is 0.786. The van der Waals surface area contributed by atoms with Crippen LogP contribution in [-0.2, 0) is 19.1 Å². The van der Waals surface area contributed by atoms with Gasteiger partial charge in [0.15, 0.2) is 5.92 Å². The highest BCUT2D eigenvalue weighted by Crippen LogP contribution is 2.33. The van der Waals surface area contributed by atoms with Crippen molar-refractivity contribution in [3.05, 3.63) is 12.2 Å². The Morgan fingerprint density at radius 2 is 1.16 bits per heavy atom. The standard InChI is InChI=1S/C28H44O4/c1-28(2)31-26(29)25(27(30)32-28)24-22-20-18-16-14-12-10-8-6-4-3-5-7-9-11-13-15-17-19-21-23-24/h4,6,24-25H,3,5,7-14,16,18-23H2,1-2H3/b6-4-. The van der Waals surface area contributed by atoms with Crippen molar-refractivity contribution in [1.29, 1.82) is 0 Å². The first-order valence-electron chi connectivity index (χ1n) is 13.1. The largest absolute Gasteiger partial charge is 0.422 e. The van der Waals surface area contributed by atoms with Crippen molar-refractivity contribution in [2.75, 3.05) is 0 Å². The SMILES string of the molecule is CC1(C)OC(=O)C(C2CCCC#CCCCCCC/C=C\CCCCCCCC2)C(=O)O1. The second kappa shape index (κ2) is 15.1. The van der Waals surface area contributed by atoms with Gasteiger partial charge >= 0.3 is 11.9 Å². The van der Waals surface area contributed by atoms with E-state index >= 15 is 0 Å². The average molecular weight is 445 g/mol. The summed E-state index contributed by atoms with van der Waals surface area (Å²) in [5.41, 5.74) is 0. The second-order valence-electron chi connectivity index (χ2n) is 9.85. The van der Waals surface area contributed by atoms with E-state index in [0.717, 1.165) is 44.9 Å². The van der Waals surface area contributed by atoms with Crippen LogP contribution in [0, 0.1) is 23.7 Å². The van der Waals surface area contributed by atoms with E-state index in [1.165, 1.54) is 64.2 Å². The van der Waals surface area contributed by atoms with Crippen LogP contribution in [0.3, 0.4) is 0 Å². The lowest BCUT2D eigenvalue weighted by Gasteiger charge is -2.36. The van der Waals surface area contributed by atoms with Gasteiger partial charge in [0.05, 0.1) is 0 Å². The van der Waals surface area contributed by atoms with E-state index in [4.69, 9.17) is 9.47 Å². The first-order valence-corrected chi connectivity index (χ1v) is 13.1. The van der Waals surface area contributed by atoms with E-state index in [1.807, 2.05) is 0 Å². The highest BCUT2D eigenvalue weighted by Gasteiger charge is 2.46. The van der Waals surface area contributed by atoms with Gasteiger partial charge in [-0.3, -0.25) is 9.59 Å². The third-order valence-corrected chi connectivity index (χ3v) is 6.46. The van der Waals surface area contributed by atoms with Gasteiger partial charge in [0, 0.05) is 26.7 Å². The molecule has 0 aromatic rings. The molecule has 4 heteroatoms. The zero-order chi connectivity index (χ0) is 23.1. The quantitative estimate of drug-likeness (QED) is 0.185. The van der Waals surface area contributed by atoms with Crippen molar-refractivity contribution in [2.45, 2.75) is 129 Å². The zero-order valence-electron chi connectivity index (χ0n) is 20.5. The summed E-state index contributed by atoms with van der Waals surface area (Å²) >= 11 is 0. The minimum Gasteiger partial charge on any atom is -0.422 e. The Kier molecular flexibility index (Phi) is 12.5. The maximum atomic E-state index is 12.6. The summed E-state index contributed by atoms with van der Waals surface area (Å²) in [7, 11) is 0. The molecule has 0 saturated carbocycles. The van der Waals surface area contributed by atoms with Gasteiger partial charge in [-0.2, -0.15) is 0 Å². The van der Waals surface area contributed by atoms with Crippen LogP contribution in [0.2, 0.25) is 0 Å². The average Bonchev–Trinajstić information content (AvgIpc) is 2.72. The van der Waals surface area contributed by atoms with E-state index in [2.05, 4.69) is 24.0 Å². The summed E-state index contributed by atoms with van der Waals surface area (Å²) in [6, 6.07) is 0. The summed E-state index contributed by atoms with van der Waals surface area (Å²) in [6.07, 6.45) is 23.7. The van der Waals surface area contributed by atoms with E-state index in [1.54, 1.807) is 13.8 Å². The molecular formula is C28H44O4. The third kappa shape index (κ3) is 10.7. The molecule has 0 aromatic heterocycles. The van der Waals surface area contributed by atoms with E-state index in [0.29, 0.717) is 0 Å². The lowest BCUT2D eigenvalue weighted by Crippen LogP contribution is -2.48. The van der Waals surface area contributed by atoms with Gasteiger partial charge in [0.2, 0.25) is 0 Å². The Balaban J connectivity index is 1.89. The molecule has 1 saturated heterocycles. The van der Waals surface area contributed by atoms with Gasteiger partial charge in [-0.25, -0.2) is 0 Å². The van der Waals surface area contributed by atoms with Gasteiger partial charge in [-0.15, -0.1) is 11.8 Å². The van der Waals surface area contributed by atoms with E-state index < -0.39 is 23.6 Å². The first kappa shape index (κ1) is 26.5. The zero-order valence-corrected chi connectivity index (χ0v) is 20.5. The van der Waals surface area contributed by atoms with Gasteiger partial charge in [-0.05, 0) is 57.3 Å². The monoisotopic (exact) mass is 444 g/mol. The minimum absolute atomic E-state index is 0.0177. The summed E-state index contributed by atoms with van der Waals surface area (Å²) in [6.45, 7) is 3.23. The van der Waals surface area contributed by atoms with Crippen LogP contribution in [0.5, 0.6) is 0 Å². The molecule has 0 amide bonds. The van der Waals surface area contributed by atoms with Crippen molar-refractivity contribution in [3.8, 4) is 11.8 Å². The molecule has 180 valence electrons. The molecule has 1 fully saturated rings. The first-order chi connectivity index (χ1) is 15.5. The summed E-state index contributed by atoms with van der Waals surface area (Å²) in [5.74, 6) is 3.79. The van der Waals surface area contributed by atoms with Crippen LogP contribution in [0.4, 0.5) is 0 Å². The van der Waals surface area contributed by atoms with Gasteiger partial charge in [-0.1, -0.05) is 57.1 Å². The van der Waals surface area contributed by atoms with Crippen molar-refractivity contribution in [1.82, 2.24) is 0 Å². The van der Waals surface area contributed by atoms with Gasteiger partial charge in [0.1, 0.15) is 0 Å². The Hall–Kier alpha value is -1.76. The highest BCUT2D eigenvalue weighted by atomic mass is 16.7. The van der Waals surface area contributed by atoms with Crippen LogP contribution in [0.15, 0.2) is 12.2 Å². The molecule has 1 unspecified atom stereocenters. The number of rotatable bonds is 1. The molecule has 1 heterocycles. The van der Waals surface area contributed by atoms with E-state index in [9.17, 15) is 9.59 Å². The lowest BCUT2D eigenvalue weighted by atomic mass is 9.83. The van der Waals surface area contributed by atoms with Crippen LogP contribution in [0.1, 0.15) is 123 Å². The molecule has 2 rings (SSSR count). The summed E-state index contributed by atoms with van der Waals surface area (Å²) in [5, 5.41) is 0. The molecule has 0 N–H and O–H groups in total. The molecular weight excluding hydrogens is 400 g/mol. The predicted molar refractivity (Wildman–Crippen MR) is 129 cm³/mol. The van der Waals surface area contributed by atoms with Gasteiger partial charge < -0.3 is 9.47 Å². The predicted octanol–water partition coefficient (Wildman–Crippen LogP) is 7.26. The maximum absolute atomic E-state index is 12.6. The number of carbonyl (C=O) groups excluding carboxylic acids is 2. The molecule has 1 aliphatic carbocycles. The van der Waals surface area contributed by atoms with Crippen LogP contribution in [-0.4, -0.2) is 17.7 Å². The smallest absolute Gasteiger partial charge is 0.323 e. The molecule has 0 aromatic carbocycles. The molecule has 0 bridgehead atoms. The minimum atomic E-state index is -1.16. The van der Waals surface area contributed by atoms with E-state index in [-0.39, 0.29) is 5.92 Å². The molecule has 0 spiro atoms. The lowest BCUT2D eigenvalue weighted by molar-refractivity contribution is -0.243. The summed E-state index contributed by atoms with van der Waals surface area (Å²) < 4.78 is 10.8. The Morgan fingerprint density at radius 1 is 0.688 bits per heavy atom. The molecule has 1 aliphatic heterocycles.